The van der Waals surface area contributed by atoms with Crippen molar-refractivity contribution >= 4 is 33.2 Å². The molecule has 0 fully saturated rings. The molecule has 0 aliphatic rings. The van der Waals surface area contributed by atoms with Gasteiger partial charge in [0.15, 0.2) is 0 Å². The molecule has 0 aliphatic carbocycles. The van der Waals surface area contributed by atoms with E-state index in [4.69, 9.17) is 11.6 Å². The Morgan fingerprint density at radius 2 is 2.00 bits per heavy atom. The number of rotatable bonds is 9. The largest absolute Gasteiger partial charge is 0.354 e. The zero-order valence-corrected chi connectivity index (χ0v) is 16.2. The molecule has 1 unspecified atom stereocenters. The van der Waals surface area contributed by atoms with Crippen molar-refractivity contribution in [2.24, 2.45) is 0 Å². The van der Waals surface area contributed by atoms with E-state index in [9.17, 15) is 13.2 Å². The molecule has 1 rings (SSSR count). The van der Waals surface area contributed by atoms with Crippen molar-refractivity contribution in [2.45, 2.75) is 25.8 Å². The van der Waals surface area contributed by atoms with Gasteiger partial charge < -0.3 is 10.2 Å². The monoisotopic (exact) mass is 375 g/mol. The Kier molecular flexibility index (Phi) is 7.99. The lowest BCUT2D eigenvalue weighted by atomic mass is 10.2. The number of carbonyl (C=O) groups excluding carboxylic acids is 1. The van der Waals surface area contributed by atoms with Gasteiger partial charge in [0, 0.05) is 11.6 Å². The van der Waals surface area contributed by atoms with Crippen LogP contribution in [-0.2, 0) is 14.8 Å². The molecule has 0 radical (unpaired) electrons. The molecule has 1 amide bonds. The highest BCUT2D eigenvalue weighted by Crippen LogP contribution is 2.25. The minimum atomic E-state index is -3.63. The van der Waals surface area contributed by atoms with Gasteiger partial charge in [0.05, 0.1) is 11.9 Å². The number of carbonyl (C=O) groups is 1. The lowest BCUT2D eigenvalue weighted by Gasteiger charge is -2.30. The summed E-state index contributed by atoms with van der Waals surface area (Å²) in [6.45, 7) is 3.13. The molecule has 8 heteroatoms. The van der Waals surface area contributed by atoms with Crippen LogP contribution in [0.1, 0.15) is 19.8 Å². The van der Waals surface area contributed by atoms with Crippen LogP contribution in [0.15, 0.2) is 24.3 Å². The Labute approximate surface area is 149 Å². The Bertz CT molecular complexity index is 650. The summed E-state index contributed by atoms with van der Waals surface area (Å²) < 4.78 is 25.7. The van der Waals surface area contributed by atoms with Gasteiger partial charge in [-0.3, -0.25) is 9.10 Å². The van der Waals surface area contributed by atoms with Crippen molar-refractivity contribution in [2.75, 3.05) is 37.7 Å². The molecule has 0 bridgehead atoms. The minimum Gasteiger partial charge on any atom is -0.354 e. The maximum Gasteiger partial charge on any atom is 0.243 e. The second-order valence-corrected chi connectivity index (χ2v) is 8.21. The summed E-state index contributed by atoms with van der Waals surface area (Å²) in [5, 5.41) is 3.24. The Morgan fingerprint density at radius 1 is 1.33 bits per heavy atom. The van der Waals surface area contributed by atoms with Gasteiger partial charge in [-0.05, 0) is 51.7 Å². The maximum absolute atomic E-state index is 12.5. The first kappa shape index (κ1) is 20.7. The first-order valence-corrected chi connectivity index (χ1v) is 10.1. The molecule has 0 aliphatic heterocycles. The third-order valence-electron chi connectivity index (χ3n) is 3.47. The second kappa shape index (κ2) is 9.25. The topological polar surface area (TPSA) is 69.7 Å². The van der Waals surface area contributed by atoms with E-state index in [-0.39, 0.29) is 5.91 Å². The van der Waals surface area contributed by atoms with Crippen LogP contribution >= 0.6 is 11.6 Å². The molecule has 0 saturated carbocycles. The van der Waals surface area contributed by atoms with E-state index < -0.39 is 16.1 Å². The fraction of sp³-hybridized carbons (Fsp3) is 0.562. The zero-order chi connectivity index (χ0) is 18.3. The fourth-order valence-electron chi connectivity index (χ4n) is 2.40. The summed E-state index contributed by atoms with van der Waals surface area (Å²) in [4.78, 5) is 14.5. The van der Waals surface area contributed by atoms with Crippen LogP contribution in [0.25, 0.3) is 0 Å². The van der Waals surface area contributed by atoms with E-state index >= 15 is 0 Å². The molecule has 1 N–H and O–H groups in total. The van der Waals surface area contributed by atoms with Gasteiger partial charge >= 0.3 is 0 Å². The average molecular weight is 376 g/mol. The number of hydrogen-bond donors (Lipinski definition) is 1. The van der Waals surface area contributed by atoms with Crippen molar-refractivity contribution < 1.29 is 13.2 Å². The average Bonchev–Trinajstić information content (AvgIpc) is 2.47. The summed E-state index contributed by atoms with van der Waals surface area (Å²) in [5.74, 6) is -0.304. The summed E-state index contributed by atoms with van der Waals surface area (Å²) >= 11 is 5.97. The van der Waals surface area contributed by atoms with Gasteiger partial charge in [0.1, 0.15) is 6.04 Å². The molecule has 136 valence electrons. The lowest BCUT2D eigenvalue weighted by molar-refractivity contribution is -0.122. The van der Waals surface area contributed by atoms with Crippen molar-refractivity contribution in [3.8, 4) is 0 Å². The van der Waals surface area contributed by atoms with Crippen LogP contribution in [0, 0.1) is 0 Å². The molecular weight excluding hydrogens is 350 g/mol. The highest BCUT2D eigenvalue weighted by atomic mass is 35.5. The van der Waals surface area contributed by atoms with E-state index in [0.717, 1.165) is 23.5 Å². The van der Waals surface area contributed by atoms with Gasteiger partial charge in [-0.15, -0.1) is 0 Å². The van der Waals surface area contributed by atoms with E-state index in [1.807, 2.05) is 19.0 Å². The van der Waals surface area contributed by atoms with Gasteiger partial charge in [-0.1, -0.05) is 24.6 Å². The summed E-state index contributed by atoms with van der Waals surface area (Å²) in [5.41, 5.74) is 0.389. The molecule has 6 nitrogen and oxygen atoms in total. The van der Waals surface area contributed by atoms with Crippen molar-refractivity contribution in [3.05, 3.63) is 29.3 Å². The van der Waals surface area contributed by atoms with Crippen LogP contribution in [0.4, 0.5) is 5.69 Å². The molecule has 24 heavy (non-hydrogen) atoms. The number of sulfonamides is 1. The normalized spacial score (nSPS) is 12.9. The van der Waals surface area contributed by atoms with E-state index in [1.165, 1.54) is 0 Å². The number of nitrogens with zero attached hydrogens (tertiary/aromatic N) is 2. The van der Waals surface area contributed by atoms with Crippen LogP contribution in [0.5, 0.6) is 0 Å². The third-order valence-corrected chi connectivity index (χ3v) is 4.89. The van der Waals surface area contributed by atoms with Crippen LogP contribution in [0.2, 0.25) is 5.02 Å². The van der Waals surface area contributed by atoms with Crippen LogP contribution in [0.3, 0.4) is 0 Å². The van der Waals surface area contributed by atoms with E-state index in [2.05, 4.69) is 5.32 Å². The van der Waals surface area contributed by atoms with Crippen LogP contribution < -0.4 is 9.62 Å². The number of anilines is 1. The minimum absolute atomic E-state index is 0.304. The SMILES string of the molecule is CCC(C(=O)NCCCN(C)C)N(c1cccc(Cl)c1)S(C)(=O)=O. The molecule has 0 heterocycles. The Morgan fingerprint density at radius 3 is 2.50 bits per heavy atom. The Hall–Kier alpha value is -1.31. The van der Waals surface area contributed by atoms with E-state index in [0.29, 0.717) is 23.7 Å². The summed E-state index contributed by atoms with van der Waals surface area (Å²) in [6.07, 6.45) is 2.25. The summed E-state index contributed by atoms with van der Waals surface area (Å²) in [6, 6.07) is 5.70. The predicted octanol–water partition coefficient (Wildman–Crippen LogP) is 1.95. The molecule has 1 aromatic rings. The first-order valence-electron chi connectivity index (χ1n) is 7.84. The lowest BCUT2D eigenvalue weighted by Crippen LogP contribution is -2.49. The standard InChI is InChI=1S/C16H26ClN3O3S/c1-5-15(16(21)18-10-7-11-19(2)3)20(24(4,22)23)14-9-6-8-13(17)12-14/h6,8-9,12,15H,5,7,10-11H2,1-4H3,(H,18,21). The molecule has 0 aromatic heterocycles. The van der Waals surface area contributed by atoms with Gasteiger partial charge in [0.25, 0.3) is 0 Å². The molecule has 1 aromatic carbocycles. The molecular formula is C16H26ClN3O3S. The number of hydrogen-bond acceptors (Lipinski definition) is 4. The second-order valence-electron chi connectivity index (χ2n) is 5.91. The van der Waals surface area contributed by atoms with Crippen molar-refractivity contribution in [1.82, 2.24) is 10.2 Å². The zero-order valence-electron chi connectivity index (χ0n) is 14.6. The summed E-state index contributed by atoms with van der Waals surface area (Å²) in [7, 11) is 0.290. The van der Waals surface area contributed by atoms with Crippen LogP contribution in [-0.4, -0.2) is 58.7 Å². The van der Waals surface area contributed by atoms with Gasteiger partial charge in [-0.2, -0.15) is 0 Å². The van der Waals surface area contributed by atoms with Crippen molar-refractivity contribution in [3.63, 3.8) is 0 Å². The third kappa shape index (κ3) is 6.30. The quantitative estimate of drug-likeness (QED) is 0.670. The van der Waals surface area contributed by atoms with Crippen molar-refractivity contribution in [1.29, 1.82) is 0 Å². The highest BCUT2D eigenvalue weighted by Gasteiger charge is 2.31. The Balaban J connectivity index is 2.96. The molecule has 1 atom stereocenters. The maximum atomic E-state index is 12.5. The number of amides is 1. The van der Waals surface area contributed by atoms with E-state index in [1.54, 1.807) is 31.2 Å². The fourth-order valence-corrected chi connectivity index (χ4v) is 3.79. The molecule has 0 spiro atoms. The van der Waals surface area contributed by atoms with Gasteiger partial charge in [-0.25, -0.2) is 8.42 Å². The smallest absolute Gasteiger partial charge is 0.243 e. The molecule has 0 saturated heterocycles. The van der Waals surface area contributed by atoms with Gasteiger partial charge in [0.2, 0.25) is 15.9 Å². The first-order chi connectivity index (χ1) is 11.2. The number of nitrogens with one attached hydrogen (secondary N) is 1. The number of halogens is 1. The highest BCUT2D eigenvalue weighted by molar-refractivity contribution is 7.92. The number of benzene rings is 1. The predicted molar refractivity (Wildman–Crippen MR) is 99.0 cm³/mol.